The lowest BCUT2D eigenvalue weighted by Crippen LogP contribution is -2.28. The summed E-state index contributed by atoms with van der Waals surface area (Å²) < 4.78 is 24.5. The Hall–Kier alpha value is -1.15. The normalized spacial score (nSPS) is 23.9. The van der Waals surface area contributed by atoms with Gasteiger partial charge in [0.15, 0.2) is 9.84 Å². The quantitative estimate of drug-likeness (QED) is 0.871. The summed E-state index contributed by atoms with van der Waals surface area (Å²) in [5.41, 5.74) is 0.334. The lowest BCUT2D eigenvalue weighted by Gasteiger charge is -2.13. The number of aromatic nitrogens is 2. The Morgan fingerprint density at radius 3 is 2.80 bits per heavy atom. The van der Waals surface area contributed by atoms with Crippen molar-refractivity contribution < 1.29 is 8.42 Å². The van der Waals surface area contributed by atoms with Crippen LogP contribution in [0.2, 0.25) is 0 Å². The Morgan fingerprint density at radius 1 is 1.45 bits per heavy atom. The van der Waals surface area contributed by atoms with Gasteiger partial charge in [0, 0.05) is 12.0 Å². The van der Waals surface area contributed by atoms with Crippen molar-refractivity contribution in [1.29, 1.82) is 0 Å². The minimum absolute atomic E-state index is 0.00456. The molecule has 0 amide bonds. The van der Waals surface area contributed by atoms with Gasteiger partial charge < -0.3 is 5.32 Å². The van der Waals surface area contributed by atoms with Crippen LogP contribution in [0.5, 0.6) is 0 Å². The number of hydrogen-bond donors (Lipinski definition) is 1. The van der Waals surface area contributed by atoms with E-state index in [-0.39, 0.29) is 17.4 Å². The van der Waals surface area contributed by atoms with Gasteiger partial charge in [-0.1, -0.05) is 6.08 Å². The number of nitrogens with zero attached hydrogens (tertiary/aromatic N) is 2. The second-order valence-electron chi connectivity index (χ2n) is 5.21. The van der Waals surface area contributed by atoms with Crippen molar-refractivity contribution in [2.24, 2.45) is 5.92 Å². The van der Waals surface area contributed by atoms with Gasteiger partial charge in [-0.3, -0.25) is 4.79 Å². The molecule has 20 heavy (non-hydrogen) atoms. The van der Waals surface area contributed by atoms with E-state index in [1.807, 2.05) is 0 Å². The van der Waals surface area contributed by atoms with Gasteiger partial charge in [0.2, 0.25) is 0 Å². The van der Waals surface area contributed by atoms with Crippen molar-refractivity contribution >= 4 is 31.5 Å². The van der Waals surface area contributed by atoms with E-state index >= 15 is 0 Å². The Balaban J connectivity index is 1.79. The van der Waals surface area contributed by atoms with Crippen LogP contribution in [-0.4, -0.2) is 30.0 Å². The van der Waals surface area contributed by atoms with E-state index < -0.39 is 9.84 Å². The van der Waals surface area contributed by atoms with E-state index in [0.29, 0.717) is 22.6 Å². The molecule has 0 spiro atoms. The maximum absolute atomic E-state index is 12.1. The summed E-state index contributed by atoms with van der Waals surface area (Å²) in [7, 11) is -3.12. The van der Waals surface area contributed by atoms with Crippen LogP contribution in [0.1, 0.15) is 12.8 Å². The van der Waals surface area contributed by atoms with E-state index in [9.17, 15) is 13.2 Å². The number of rotatable bonds is 4. The molecular weight excluding hydrogens is 346 g/mol. The SMILES string of the molecule is O=c1c(Br)c(NC2C=CS(=O)(=O)C2)cnn1CC1CC1. The highest BCUT2D eigenvalue weighted by Crippen LogP contribution is 2.30. The highest BCUT2D eigenvalue weighted by molar-refractivity contribution is 9.10. The fourth-order valence-corrected chi connectivity index (χ4v) is 3.76. The first-order valence-corrected chi connectivity index (χ1v) is 8.88. The highest BCUT2D eigenvalue weighted by Gasteiger charge is 2.25. The van der Waals surface area contributed by atoms with E-state index in [0.717, 1.165) is 12.8 Å². The van der Waals surface area contributed by atoms with Crippen molar-refractivity contribution in [2.45, 2.75) is 25.4 Å². The predicted octanol–water partition coefficient (Wildman–Crippen LogP) is 1.14. The first kappa shape index (κ1) is 13.8. The molecule has 1 saturated carbocycles. The number of anilines is 1. The minimum Gasteiger partial charge on any atom is -0.375 e. The number of nitrogens with one attached hydrogen (secondary N) is 1. The largest absolute Gasteiger partial charge is 0.375 e. The van der Waals surface area contributed by atoms with Crippen molar-refractivity contribution in [3.8, 4) is 0 Å². The van der Waals surface area contributed by atoms with Crippen LogP contribution in [0.15, 0.2) is 26.9 Å². The highest BCUT2D eigenvalue weighted by atomic mass is 79.9. The summed E-state index contributed by atoms with van der Waals surface area (Å²) in [6.45, 7) is 0.648. The number of halogens is 1. The van der Waals surface area contributed by atoms with Gasteiger partial charge in [0.1, 0.15) is 4.47 Å². The first-order valence-electron chi connectivity index (χ1n) is 6.38. The van der Waals surface area contributed by atoms with Crippen molar-refractivity contribution in [3.05, 3.63) is 32.5 Å². The molecule has 1 N–H and O–H groups in total. The van der Waals surface area contributed by atoms with E-state index in [2.05, 4.69) is 26.3 Å². The van der Waals surface area contributed by atoms with E-state index in [4.69, 9.17) is 0 Å². The van der Waals surface area contributed by atoms with Crippen LogP contribution in [0.4, 0.5) is 5.69 Å². The van der Waals surface area contributed by atoms with Gasteiger partial charge in [-0.15, -0.1) is 0 Å². The average molecular weight is 360 g/mol. The summed E-state index contributed by atoms with van der Waals surface area (Å²) in [6, 6.07) is -0.322. The summed E-state index contributed by atoms with van der Waals surface area (Å²) in [5, 5.41) is 8.34. The zero-order valence-electron chi connectivity index (χ0n) is 10.6. The first-order chi connectivity index (χ1) is 9.44. The maximum Gasteiger partial charge on any atom is 0.283 e. The molecule has 2 aliphatic rings. The Labute approximate surface area is 124 Å². The third kappa shape index (κ3) is 2.95. The monoisotopic (exact) mass is 359 g/mol. The molecule has 0 bridgehead atoms. The van der Waals surface area contributed by atoms with Gasteiger partial charge in [0.05, 0.1) is 23.7 Å². The van der Waals surface area contributed by atoms with Gasteiger partial charge in [-0.2, -0.15) is 5.10 Å². The minimum atomic E-state index is -3.12. The Kier molecular flexibility index (Phi) is 3.45. The van der Waals surface area contributed by atoms with Crippen LogP contribution in [0.3, 0.4) is 0 Å². The second-order valence-corrected chi connectivity index (χ2v) is 7.94. The molecule has 108 valence electrons. The molecule has 1 unspecified atom stereocenters. The smallest absolute Gasteiger partial charge is 0.283 e. The number of sulfone groups is 1. The molecule has 1 fully saturated rings. The molecule has 1 aliphatic heterocycles. The fourth-order valence-electron chi connectivity index (χ4n) is 2.11. The van der Waals surface area contributed by atoms with E-state index in [1.165, 1.54) is 10.1 Å². The van der Waals surface area contributed by atoms with Gasteiger partial charge in [-0.25, -0.2) is 13.1 Å². The summed E-state index contributed by atoms with van der Waals surface area (Å²) >= 11 is 3.27. The van der Waals surface area contributed by atoms with E-state index in [1.54, 1.807) is 12.3 Å². The lowest BCUT2D eigenvalue weighted by molar-refractivity contribution is 0.531. The van der Waals surface area contributed by atoms with Gasteiger partial charge in [0.25, 0.3) is 5.56 Å². The van der Waals surface area contributed by atoms with Crippen LogP contribution in [0, 0.1) is 5.92 Å². The van der Waals surface area contributed by atoms with Crippen molar-refractivity contribution in [1.82, 2.24) is 9.78 Å². The van der Waals surface area contributed by atoms with Gasteiger partial charge in [-0.05, 0) is 34.7 Å². The molecule has 0 saturated heterocycles. The predicted molar refractivity (Wildman–Crippen MR) is 79.3 cm³/mol. The molecule has 6 nitrogen and oxygen atoms in total. The molecule has 0 radical (unpaired) electrons. The zero-order valence-corrected chi connectivity index (χ0v) is 13.0. The second kappa shape index (κ2) is 5.00. The van der Waals surface area contributed by atoms with Crippen LogP contribution in [0.25, 0.3) is 0 Å². The molecule has 1 aliphatic carbocycles. The number of hydrogen-bond acceptors (Lipinski definition) is 5. The van der Waals surface area contributed by atoms with Crippen molar-refractivity contribution in [2.75, 3.05) is 11.1 Å². The third-order valence-corrected chi connectivity index (χ3v) is 5.55. The fraction of sp³-hybridized carbons (Fsp3) is 0.500. The molecule has 0 aromatic carbocycles. The Morgan fingerprint density at radius 2 is 2.20 bits per heavy atom. The standard InChI is InChI=1S/C12H14BrN3O3S/c13-11-10(15-9-3-4-20(18,19)7-9)5-14-16(12(11)17)6-8-1-2-8/h3-5,8-9,15H,1-2,6-7H2. The molecule has 2 heterocycles. The molecule has 1 atom stereocenters. The lowest BCUT2D eigenvalue weighted by atomic mass is 10.3. The molecule has 3 rings (SSSR count). The molecule has 8 heteroatoms. The summed E-state index contributed by atoms with van der Waals surface area (Å²) in [6.07, 6.45) is 5.44. The average Bonchev–Trinajstić information content (AvgIpc) is 3.13. The van der Waals surface area contributed by atoms with Gasteiger partial charge >= 0.3 is 0 Å². The zero-order chi connectivity index (χ0) is 14.3. The maximum atomic E-state index is 12.1. The molecular formula is C12H14BrN3O3S. The molecule has 1 aromatic rings. The van der Waals surface area contributed by atoms with Crippen LogP contribution >= 0.6 is 15.9 Å². The Bertz CT molecular complexity index is 722. The third-order valence-electron chi connectivity index (χ3n) is 3.38. The van der Waals surface area contributed by atoms with Crippen LogP contribution in [-0.2, 0) is 16.4 Å². The van der Waals surface area contributed by atoms with Crippen molar-refractivity contribution in [3.63, 3.8) is 0 Å². The summed E-state index contributed by atoms with van der Waals surface area (Å²) in [4.78, 5) is 12.1. The van der Waals surface area contributed by atoms with Crippen LogP contribution < -0.4 is 10.9 Å². The summed E-state index contributed by atoms with van der Waals surface area (Å²) in [5.74, 6) is 0.568. The topological polar surface area (TPSA) is 81.1 Å². The molecule has 1 aromatic heterocycles.